The minimum absolute atomic E-state index is 0.000787. The maximum absolute atomic E-state index is 12.2. The van der Waals surface area contributed by atoms with Gasteiger partial charge in [0.15, 0.2) is 9.84 Å². The van der Waals surface area contributed by atoms with Gasteiger partial charge in [-0.3, -0.25) is 0 Å². The van der Waals surface area contributed by atoms with Crippen LogP contribution in [0.5, 0.6) is 0 Å². The summed E-state index contributed by atoms with van der Waals surface area (Å²) in [6, 6.07) is 0.000787. The minimum Gasteiger partial charge on any atom is -0.313 e. The first-order valence-corrected chi connectivity index (χ1v) is 9.48. The topological polar surface area (TPSA) is 59.1 Å². The molecular formula is C13H22N2O2S2. The van der Waals surface area contributed by atoms with Gasteiger partial charge >= 0.3 is 0 Å². The fraction of sp³-hybridized carbons (Fsp3) is 0.769. The zero-order valence-electron chi connectivity index (χ0n) is 11.6. The average molecular weight is 302 g/mol. The molecule has 1 fully saturated rings. The Balaban J connectivity index is 2.14. The van der Waals surface area contributed by atoms with E-state index in [-0.39, 0.29) is 11.3 Å². The normalized spacial score (nSPS) is 24.2. The minimum atomic E-state index is -2.94. The van der Waals surface area contributed by atoms with Crippen molar-refractivity contribution in [3.05, 3.63) is 16.1 Å². The molecule has 1 aliphatic heterocycles. The van der Waals surface area contributed by atoms with E-state index in [1.54, 1.807) is 11.3 Å². The number of likely N-dealkylation sites (N-methyl/N-ethyl adjacent to an activating group) is 1. The maximum atomic E-state index is 12.2. The van der Waals surface area contributed by atoms with Crippen molar-refractivity contribution in [2.45, 2.75) is 50.8 Å². The Morgan fingerprint density at radius 2 is 2.32 bits per heavy atom. The molecule has 0 aliphatic carbocycles. The van der Waals surface area contributed by atoms with Crippen LogP contribution >= 0.6 is 11.3 Å². The Labute approximate surface area is 119 Å². The van der Waals surface area contributed by atoms with E-state index in [2.05, 4.69) is 10.3 Å². The molecule has 1 aromatic heterocycles. The van der Waals surface area contributed by atoms with E-state index in [0.29, 0.717) is 5.75 Å². The first-order valence-electron chi connectivity index (χ1n) is 6.89. The maximum Gasteiger partial charge on any atom is 0.154 e. The lowest BCUT2D eigenvalue weighted by molar-refractivity contribution is 0.440. The van der Waals surface area contributed by atoms with Crippen LogP contribution in [0.2, 0.25) is 0 Å². The van der Waals surface area contributed by atoms with E-state index < -0.39 is 9.84 Å². The van der Waals surface area contributed by atoms with Gasteiger partial charge in [-0.1, -0.05) is 13.3 Å². The van der Waals surface area contributed by atoms with E-state index in [1.807, 2.05) is 19.2 Å². The third-order valence-corrected chi connectivity index (χ3v) is 6.94. The Hall–Kier alpha value is -0.460. The van der Waals surface area contributed by atoms with Crippen molar-refractivity contribution in [2.24, 2.45) is 0 Å². The summed E-state index contributed by atoms with van der Waals surface area (Å²) < 4.78 is 24.5. The molecule has 0 saturated carbocycles. The van der Waals surface area contributed by atoms with Gasteiger partial charge in [0.2, 0.25) is 0 Å². The van der Waals surface area contributed by atoms with Crippen molar-refractivity contribution in [1.82, 2.24) is 10.3 Å². The number of hydrogen-bond acceptors (Lipinski definition) is 5. The van der Waals surface area contributed by atoms with Crippen LogP contribution in [-0.2, 0) is 16.3 Å². The monoisotopic (exact) mass is 302 g/mol. The van der Waals surface area contributed by atoms with Crippen molar-refractivity contribution in [3.63, 3.8) is 0 Å². The number of nitrogens with zero attached hydrogens (tertiary/aromatic N) is 1. The summed E-state index contributed by atoms with van der Waals surface area (Å²) >= 11 is 1.62. The summed E-state index contributed by atoms with van der Waals surface area (Å²) in [5, 5.41) is 6.16. The third-order valence-electron chi connectivity index (χ3n) is 3.60. The largest absolute Gasteiger partial charge is 0.313 e. The van der Waals surface area contributed by atoms with Gasteiger partial charge in [0.25, 0.3) is 0 Å². The van der Waals surface area contributed by atoms with Crippen LogP contribution in [0.15, 0.2) is 5.38 Å². The molecule has 2 unspecified atom stereocenters. The number of thiazole rings is 1. The second-order valence-electron chi connectivity index (χ2n) is 5.15. The lowest BCUT2D eigenvalue weighted by Crippen LogP contribution is -2.47. The van der Waals surface area contributed by atoms with Crippen LogP contribution in [0.1, 0.15) is 36.9 Å². The average Bonchev–Trinajstić information content (AvgIpc) is 2.74. The van der Waals surface area contributed by atoms with Gasteiger partial charge in [-0.05, 0) is 26.3 Å². The van der Waals surface area contributed by atoms with Gasteiger partial charge in [-0.2, -0.15) is 0 Å². The predicted molar refractivity (Wildman–Crippen MR) is 79.4 cm³/mol. The van der Waals surface area contributed by atoms with Gasteiger partial charge in [0.1, 0.15) is 0 Å². The molecule has 2 heterocycles. The molecule has 0 aromatic carbocycles. The fourth-order valence-corrected chi connectivity index (χ4v) is 5.67. The molecule has 4 nitrogen and oxygen atoms in total. The molecule has 1 aliphatic rings. The molecule has 0 amide bonds. The highest BCUT2D eigenvalue weighted by atomic mass is 32.2. The Bertz CT molecular complexity index is 510. The van der Waals surface area contributed by atoms with Crippen molar-refractivity contribution in [2.75, 3.05) is 12.3 Å². The van der Waals surface area contributed by atoms with Gasteiger partial charge < -0.3 is 5.32 Å². The van der Waals surface area contributed by atoms with Crippen molar-refractivity contribution in [1.29, 1.82) is 0 Å². The van der Waals surface area contributed by atoms with Crippen LogP contribution in [-0.4, -0.2) is 37.0 Å². The van der Waals surface area contributed by atoms with Crippen LogP contribution in [0.3, 0.4) is 0 Å². The SMILES string of the molecule is CCNC(Cc1nc(C)cs1)C1CCCCS1(=O)=O. The highest BCUT2D eigenvalue weighted by Gasteiger charge is 2.35. The molecule has 6 heteroatoms. The number of sulfone groups is 1. The van der Waals surface area contributed by atoms with Crippen LogP contribution in [0.4, 0.5) is 0 Å². The molecule has 0 spiro atoms. The van der Waals surface area contributed by atoms with Crippen molar-refractivity contribution >= 4 is 21.2 Å². The zero-order valence-corrected chi connectivity index (χ0v) is 13.2. The van der Waals surface area contributed by atoms with Crippen molar-refractivity contribution < 1.29 is 8.42 Å². The van der Waals surface area contributed by atoms with Gasteiger partial charge in [0.05, 0.1) is 16.0 Å². The van der Waals surface area contributed by atoms with Crippen LogP contribution < -0.4 is 5.32 Å². The summed E-state index contributed by atoms with van der Waals surface area (Å²) in [6.07, 6.45) is 3.33. The number of hydrogen-bond donors (Lipinski definition) is 1. The molecular weight excluding hydrogens is 280 g/mol. The number of aromatic nitrogens is 1. The standard InChI is InChI=1S/C13H22N2O2S2/c1-3-14-11(8-13-15-10(2)9-18-13)12-6-4-5-7-19(12,16)17/h9,11-12,14H,3-8H2,1-2H3. The molecule has 0 bridgehead atoms. The predicted octanol–water partition coefficient (Wildman–Crippen LogP) is 1.94. The lowest BCUT2D eigenvalue weighted by atomic mass is 10.0. The first kappa shape index (κ1) is 14.9. The number of rotatable bonds is 5. The summed E-state index contributed by atoms with van der Waals surface area (Å²) in [5.74, 6) is 0.344. The first-order chi connectivity index (χ1) is 9.03. The third kappa shape index (κ3) is 3.77. The second kappa shape index (κ2) is 6.33. The summed E-state index contributed by atoms with van der Waals surface area (Å²) in [7, 11) is -2.94. The lowest BCUT2D eigenvalue weighted by Gasteiger charge is -2.30. The van der Waals surface area contributed by atoms with E-state index in [4.69, 9.17) is 0 Å². The van der Waals surface area contributed by atoms with E-state index >= 15 is 0 Å². The Morgan fingerprint density at radius 1 is 1.53 bits per heavy atom. The van der Waals surface area contributed by atoms with Gasteiger partial charge in [-0.25, -0.2) is 13.4 Å². The number of aryl methyl sites for hydroxylation is 1. The highest BCUT2D eigenvalue weighted by molar-refractivity contribution is 7.92. The summed E-state index contributed by atoms with van der Waals surface area (Å²) in [5.41, 5.74) is 1.02. The summed E-state index contributed by atoms with van der Waals surface area (Å²) in [4.78, 5) is 4.46. The van der Waals surface area contributed by atoms with Crippen molar-refractivity contribution in [3.8, 4) is 0 Å². The molecule has 108 valence electrons. The Morgan fingerprint density at radius 3 is 2.89 bits per heavy atom. The molecule has 1 saturated heterocycles. The van der Waals surface area contributed by atoms with Gasteiger partial charge in [0, 0.05) is 23.5 Å². The molecule has 0 radical (unpaired) electrons. The summed E-state index contributed by atoms with van der Waals surface area (Å²) in [6.45, 7) is 4.79. The fourth-order valence-electron chi connectivity index (χ4n) is 2.71. The smallest absolute Gasteiger partial charge is 0.154 e. The van der Waals surface area contributed by atoms with E-state index in [0.717, 1.165) is 42.9 Å². The highest BCUT2D eigenvalue weighted by Crippen LogP contribution is 2.25. The molecule has 1 N–H and O–H groups in total. The molecule has 2 rings (SSSR count). The zero-order chi connectivity index (χ0) is 13.9. The van der Waals surface area contributed by atoms with Gasteiger partial charge in [-0.15, -0.1) is 11.3 Å². The van der Waals surface area contributed by atoms with E-state index in [9.17, 15) is 8.42 Å². The molecule has 1 aromatic rings. The van der Waals surface area contributed by atoms with Crippen LogP contribution in [0.25, 0.3) is 0 Å². The van der Waals surface area contributed by atoms with E-state index in [1.165, 1.54) is 0 Å². The molecule has 19 heavy (non-hydrogen) atoms. The second-order valence-corrected chi connectivity index (χ2v) is 8.43. The Kier molecular flexibility index (Phi) is 4.97. The van der Waals surface area contributed by atoms with Crippen LogP contribution in [0, 0.1) is 6.92 Å². The molecule has 2 atom stereocenters. The quantitative estimate of drug-likeness (QED) is 0.903. The number of nitrogens with one attached hydrogen (secondary N) is 1.